The molecule has 0 amide bonds. The molecule has 3 fully saturated rings. The Bertz CT molecular complexity index is 733. The summed E-state index contributed by atoms with van der Waals surface area (Å²) in [5.74, 6) is 4.76. The quantitative estimate of drug-likeness (QED) is 0.332. The summed E-state index contributed by atoms with van der Waals surface area (Å²) >= 11 is 0. The van der Waals surface area contributed by atoms with Gasteiger partial charge in [-0.15, -0.1) is 0 Å². The lowest BCUT2D eigenvalue weighted by atomic mass is 9.47. The molecule has 0 aromatic heterocycles. The summed E-state index contributed by atoms with van der Waals surface area (Å²) in [5.41, 5.74) is 2.45. The highest BCUT2D eigenvalue weighted by Crippen LogP contribution is 2.67. The Morgan fingerprint density at radius 1 is 1.13 bits per heavy atom. The zero-order valence-corrected chi connectivity index (χ0v) is 21.0. The van der Waals surface area contributed by atoms with Crippen molar-refractivity contribution in [3.63, 3.8) is 0 Å². The fourth-order valence-electron chi connectivity index (χ4n) is 8.57. The first-order chi connectivity index (χ1) is 14.6. The summed E-state index contributed by atoms with van der Waals surface area (Å²) in [6.07, 6.45) is 19.0. The molecule has 0 aliphatic heterocycles. The lowest BCUT2D eigenvalue weighted by Crippen LogP contribution is -2.51. The van der Waals surface area contributed by atoms with Gasteiger partial charge in [-0.3, -0.25) is 4.79 Å². The van der Waals surface area contributed by atoms with E-state index in [2.05, 4.69) is 52.8 Å². The van der Waals surface area contributed by atoms with Crippen molar-refractivity contribution in [3.8, 4) is 0 Å². The molecule has 31 heavy (non-hydrogen) atoms. The van der Waals surface area contributed by atoms with Crippen molar-refractivity contribution in [2.75, 3.05) is 0 Å². The van der Waals surface area contributed by atoms with Crippen molar-refractivity contribution in [1.29, 1.82) is 0 Å². The van der Waals surface area contributed by atoms with Gasteiger partial charge in [-0.2, -0.15) is 0 Å². The first-order valence-electron chi connectivity index (χ1n) is 13.2. The van der Waals surface area contributed by atoms with E-state index in [1.807, 2.05) is 0 Å². The molecule has 4 rings (SSSR count). The second-order valence-electron chi connectivity index (χ2n) is 12.4. The van der Waals surface area contributed by atoms with Gasteiger partial charge in [-0.1, -0.05) is 58.4 Å². The van der Waals surface area contributed by atoms with Crippen LogP contribution in [0.5, 0.6) is 0 Å². The van der Waals surface area contributed by atoms with Gasteiger partial charge >= 0.3 is 5.97 Å². The number of carbonyl (C=O) groups excluding carboxylic acids is 1. The fourth-order valence-corrected chi connectivity index (χ4v) is 8.57. The summed E-state index contributed by atoms with van der Waals surface area (Å²) in [5, 5.41) is 0. The monoisotopic (exact) mass is 426 g/mol. The van der Waals surface area contributed by atoms with Crippen molar-refractivity contribution in [3.05, 3.63) is 23.8 Å². The zero-order chi connectivity index (χ0) is 22.4. The van der Waals surface area contributed by atoms with E-state index in [1.54, 1.807) is 12.5 Å². The van der Waals surface area contributed by atoms with Gasteiger partial charge in [0.05, 0.1) is 0 Å². The SMILES string of the molecule is CC(=O)O[C@H]1CC[C@]2(C)C(=CC[C@@H]3[C@H]4CC[C@@H]([C@@H](C)/C=C/CC(C)C)[C@@]4(C)CC[C@H]32)C1. The minimum absolute atomic E-state index is 0.108. The molecule has 0 aromatic rings. The third-order valence-electron chi connectivity index (χ3n) is 10.1. The van der Waals surface area contributed by atoms with E-state index >= 15 is 0 Å². The molecule has 4 aliphatic carbocycles. The summed E-state index contributed by atoms with van der Waals surface area (Å²) < 4.78 is 5.61. The standard InChI is InChI=1S/C29H46O2/c1-19(2)8-7-9-20(3)25-12-13-26-24-11-10-22-18-23(31-21(4)30)14-16-28(22,5)27(24)15-17-29(25,26)6/h7,9-10,19-20,23-27H,8,11-18H2,1-6H3/b9-7+/t20-,23-,24+,25-,26+,27+,28+,29+/m0/s1. The third kappa shape index (κ3) is 4.18. The summed E-state index contributed by atoms with van der Waals surface area (Å²) in [4.78, 5) is 11.5. The third-order valence-corrected chi connectivity index (χ3v) is 10.1. The Kier molecular flexibility index (Phi) is 6.50. The van der Waals surface area contributed by atoms with Gasteiger partial charge in [0.2, 0.25) is 0 Å². The van der Waals surface area contributed by atoms with Crippen molar-refractivity contribution >= 4 is 5.97 Å². The number of hydrogen-bond donors (Lipinski definition) is 0. The molecule has 0 aromatic carbocycles. The maximum absolute atomic E-state index is 11.5. The molecule has 4 aliphatic rings. The molecule has 0 spiro atoms. The Morgan fingerprint density at radius 3 is 2.61 bits per heavy atom. The lowest BCUT2D eigenvalue weighted by molar-refractivity contribution is -0.148. The molecule has 0 heterocycles. The average molecular weight is 427 g/mol. The van der Waals surface area contributed by atoms with Crippen LogP contribution in [0, 0.1) is 46.3 Å². The van der Waals surface area contributed by atoms with E-state index < -0.39 is 0 Å². The average Bonchev–Trinajstić information content (AvgIpc) is 3.05. The molecule has 174 valence electrons. The number of allylic oxidation sites excluding steroid dienone is 3. The first kappa shape index (κ1) is 23.1. The number of esters is 1. The van der Waals surface area contributed by atoms with Crippen LogP contribution >= 0.6 is 0 Å². The van der Waals surface area contributed by atoms with Gasteiger partial charge in [0.15, 0.2) is 0 Å². The van der Waals surface area contributed by atoms with Crippen molar-refractivity contribution in [2.45, 2.75) is 105 Å². The normalized spacial score (nSPS) is 43.2. The van der Waals surface area contributed by atoms with Crippen LogP contribution in [0.25, 0.3) is 0 Å². The van der Waals surface area contributed by atoms with Gasteiger partial charge < -0.3 is 4.74 Å². The van der Waals surface area contributed by atoms with Gasteiger partial charge in [0.1, 0.15) is 6.10 Å². The van der Waals surface area contributed by atoms with E-state index in [4.69, 9.17) is 4.74 Å². The van der Waals surface area contributed by atoms with Gasteiger partial charge in [0.25, 0.3) is 0 Å². The van der Waals surface area contributed by atoms with Crippen molar-refractivity contribution in [2.24, 2.45) is 46.3 Å². The highest BCUT2D eigenvalue weighted by Gasteiger charge is 2.59. The molecule has 0 saturated heterocycles. The maximum atomic E-state index is 11.5. The molecule has 0 unspecified atom stereocenters. The van der Waals surface area contributed by atoms with E-state index in [-0.39, 0.29) is 12.1 Å². The zero-order valence-electron chi connectivity index (χ0n) is 21.0. The second kappa shape index (κ2) is 8.71. The molecule has 0 N–H and O–H groups in total. The minimum Gasteiger partial charge on any atom is -0.462 e. The molecule has 2 heteroatoms. The van der Waals surface area contributed by atoms with Gasteiger partial charge in [0, 0.05) is 13.3 Å². The Hall–Kier alpha value is -1.05. The van der Waals surface area contributed by atoms with Crippen LogP contribution in [0.1, 0.15) is 99.3 Å². The number of carbonyl (C=O) groups is 1. The fraction of sp³-hybridized carbons (Fsp3) is 0.828. The van der Waals surface area contributed by atoms with E-state index in [9.17, 15) is 4.79 Å². The van der Waals surface area contributed by atoms with Crippen LogP contribution in [0.15, 0.2) is 23.8 Å². The van der Waals surface area contributed by atoms with Gasteiger partial charge in [-0.05, 0) is 97.7 Å². The number of fused-ring (bicyclic) bond motifs is 5. The molecular weight excluding hydrogens is 380 g/mol. The molecule has 8 atom stereocenters. The number of rotatable bonds is 5. The first-order valence-corrected chi connectivity index (χ1v) is 13.2. The Balaban J connectivity index is 1.50. The molecule has 2 nitrogen and oxygen atoms in total. The summed E-state index contributed by atoms with van der Waals surface area (Å²) in [6.45, 7) is 13.9. The topological polar surface area (TPSA) is 26.3 Å². The largest absolute Gasteiger partial charge is 0.462 e. The molecule has 3 saturated carbocycles. The van der Waals surface area contributed by atoms with Crippen LogP contribution in [-0.4, -0.2) is 12.1 Å². The predicted octanol–water partition coefficient (Wildman–Crippen LogP) is 7.74. The molecule has 0 bridgehead atoms. The Morgan fingerprint density at radius 2 is 1.90 bits per heavy atom. The van der Waals surface area contributed by atoms with Crippen LogP contribution < -0.4 is 0 Å². The highest BCUT2D eigenvalue weighted by molar-refractivity contribution is 5.66. The molecular formula is C29H46O2. The van der Waals surface area contributed by atoms with Crippen LogP contribution in [0.4, 0.5) is 0 Å². The van der Waals surface area contributed by atoms with E-state index in [1.165, 1.54) is 44.9 Å². The smallest absolute Gasteiger partial charge is 0.302 e. The van der Waals surface area contributed by atoms with Gasteiger partial charge in [-0.25, -0.2) is 0 Å². The number of hydrogen-bond acceptors (Lipinski definition) is 2. The second-order valence-corrected chi connectivity index (χ2v) is 12.4. The summed E-state index contributed by atoms with van der Waals surface area (Å²) in [6, 6.07) is 0. The minimum atomic E-state index is -0.120. The van der Waals surface area contributed by atoms with E-state index in [0.29, 0.717) is 16.7 Å². The highest BCUT2D eigenvalue weighted by atomic mass is 16.5. The maximum Gasteiger partial charge on any atom is 0.302 e. The van der Waals surface area contributed by atoms with Crippen LogP contribution in [0.2, 0.25) is 0 Å². The molecule has 0 radical (unpaired) electrons. The summed E-state index contributed by atoms with van der Waals surface area (Å²) in [7, 11) is 0. The van der Waals surface area contributed by atoms with E-state index in [0.717, 1.165) is 42.4 Å². The van der Waals surface area contributed by atoms with Crippen LogP contribution in [-0.2, 0) is 9.53 Å². The predicted molar refractivity (Wildman–Crippen MR) is 129 cm³/mol. The lowest BCUT2D eigenvalue weighted by Gasteiger charge is -2.58. The number of ether oxygens (including phenoxy) is 1. The van der Waals surface area contributed by atoms with Crippen molar-refractivity contribution < 1.29 is 9.53 Å². The Labute approximate surface area is 191 Å². The van der Waals surface area contributed by atoms with Crippen LogP contribution in [0.3, 0.4) is 0 Å². The van der Waals surface area contributed by atoms with Crippen molar-refractivity contribution in [1.82, 2.24) is 0 Å².